The summed E-state index contributed by atoms with van der Waals surface area (Å²) in [4.78, 5) is 30.8. The van der Waals surface area contributed by atoms with Crippen molar-refractivity contribution in [3.63, 3.8) is 0 Å². The molecule has 10 nitrogen and oxygen atoms in total. The van der Waals surface area contributed by atoms with Crippen molar-refractivity contribution in [1.29, 1.82) is 0 Å². The Morgan fingerprint density at radius 2 is 2.04 bits per heavy atom. The molecule has 0 atom stereocenters. The number of hydrogen-bond acceptors (Lipinski definition) is 8. The van der Waals surface area contributed by atoms with Crippen molar-refractivity contribution in [2.24, 2.45) is 5.73 Å². The van der Waals surface area contributed by atoms with E-state index in [1.807, 2.05) is 0 Å². The van der Waals surface area contributed by atoms with Crippen LogP contribution in [0.2, 0.25) is 0 Å². The molecule has 2 aromatic heterocycles. The molecule has 0 unspecified atom stereocenters. The van der Waals surface area contributed by atoms with Gasteiger partial charge in [-0.2, -0.15) is 10.1 Å². The van der Waals surface area contributed by atoms with Gasteiger partial charge in [-0.25, -0.2) is 4.98 Å². The van der Waals surface area contributed by atoms with E-state index in [0.717, 1.165) is 0 Å². The molecule has 122 valence electrons. The van der Waals surface area contributed by atoms with E-state index in [9.17, 15) is 20.0 Å². The first kappa shape index (κ1) is 15.5. The van der Waals surface area contributed by atoms with Crippen LogP contribution in [0.5, 0.6) is 5.88 Å². The Kier molecular flexibility index (Phi) is 3.88. The minimum absolute atomic E-state index is 0.0104. The summed E-state index contributed by atoms with van der Waals surface area (Å²) in [6.45, 7) is -0.0104. The lowest BCUT2D eigenvalue weighted by Gasteiger charge is -2.05. The Balaban J connectivity index is 2.12. The number of nitro groups is 1. The maximum atomic E-state index is 12.5. The van der Waals surface area contributed by atoms with Crippen molar-refractivity contribution in [2.45, 2.75) is 13.0 Å². The van der Waals surface area contributed by atoms with Crippen LogP contribution >= 0.6 is 0 Å². The third-order valence-electron chi connectivity index (χ3n) is 3.45. The van der Waals surface area contributed by atoms with E-state index in [2.05, 4.69) is 20.2 Å². The fourth-order valence-electron chi connectivity index (χ4n) is 2.33. The minimum atomic E-state index is -0.594. The van der Waals surface area contributed by atoms with E-state index in [-0.39, 0.29) is 41.2 Å². The Bertz CT molecular complexity index is 1000. The predicted octanol–water partition coefficient (Wildman–Crippen LogP) is 0.376. The van der Waals surface area contributed by atoms with E-state index < -0.39 is 16.2 Å². The molecule has 0 aliphatic carbocycles. The van der Waals surface area contributed by atoms with Gasteiger partial charge in [0.1, 0.15) is 16.9 Å². The van der Waals surface area contributed by atoms with Gasteiger partial charge < -0.3 is 10.8 Å². The molecule has 0 aliphatic rings. The summed E-state index contributed by atoms with van der Waals surface area (Å²) in [5.41, 5.74) is 5.10. The van der Waals surface area contributed by atoms with Crippen LogP contribution in [0.1, 0.15) is 17.1 Å². The number of rotatable bonds is 4. The van der Waals surface area contributed by atoms with Gasteiger partial charge in [0.15, 0.2) is 5.65 Å². The molecule has 0 fully saturated rings. The molecule has 0 aliphatic heterocycles. The SMILES string of the molecule is NCc1nc(O)c2c(=O)c(Cc3ccccc3[N+](=O)[O-])n[nH]c2n1. The van der Waals surface area contributed by atoms with Crippen molar-refractivity contribution in [3.8, 4) is 5.88 Å². The second-order valence-corrected chi connectivity index (χ2v) is 4.95. The quantitative estimate of drug-likeness (QED) is 0.457. The topological polar surface area (TPSA) is 161 Å². The zero-order chi connectivity index (χ0) is 17.3. The molecule has 2 heterocycles. The molecule has 3 rings (SSSR count). The summed E-state index contributed by atoms with van der Waals surface area (Å²) < 4.78 is 0. The lowest BCUT2D eigenvalue weighted by Crippen LogP contribution is -2.17. The highest BCUT2D eigenvalue weighted by molar-refractivity contribution is 5.79. The number of para-hydroxylation sites is 1. The van der Waals surface area contributed by atoms with Gasteiger partial charge in [0.05, 0.1) is 11.5 Å². The average molecular weight is 328 g/mol. The zero-order valence-corrected chi connectivity index (χ0v) is 12.3. The van der Waals surface area contributed by atoms with Gasteiger partial charge >= 0.3 is 0 Å². The molecule has 0 spiro atoms. The van der Waals surface area contributed by atoms with Gasteiger partial charge in [-0.05, 0) is 0 Å². The Labute approximate surface area is 134 Å². The largest absolute Gasteiger partial charge is 0.493 e. The van der Waals surface area contributed by atoms with Gasteiger partial charge in [-0.3, -0.25) is 20.0 Å². The zero-order valence-electron chi connectivity index (χ0n) is 12.3. The van der Waals surface area contributed by atoms with E-state index in [1.54, 1.807) is 6.07 Å². The molecule has 0 bridgehead atoms. The van der Waals surface area contributed by atoms with Crippen LogP contribution in [0.15, 0.2) is 29.1 Å². The first-order valence-corrected chi connectivity index (χ1v) is 6.90. The molecule has 1 aromatic carbocycles. The molecule has 0 saturated heterocycles. The number of aromatic amines is 1. The smallest absolute Gasteiger partial charge is 0.272 e. The van der Waals surface area contributed by atoms with Crippen molar-refractivity contribution in [2.75, 3.05) is 0 Å². The van der Waals surface area contributed by atoms with Gasteiger partial charge in [-0.1, -0.05) is 18.2 Å². The number of aromatic hydroxyl groups is 1. The van der Waals surface area contributed by atoms with Crippen LogP contribution in [0.3, 0.4) is 0 Å². The number of H-pyrrole nitrogens is 1. The summed E-state index contributed by atoms with van der Waals surface area (Å²) in [5.74, 6) is -0.350. The third kappa shape index (κ3) is 2.65. The molecule has 0 radical (unpaired) electrons. The van der Waals surface area contributed by atoms with Gasteiger partial charge in [-0.15, -0.1) is 0 Å². The van der Waals surface area contributed by atoms with Crippen LogP contribution in [0.25, 0.3) is 11.0 Å². The monoisotopic (exact) mass is 328 g/mol. The molecule has 10 heteroatoms. The molecule has 4 N–H and O–H groups in total. The standard InChI is InChI=1S/C14H12N6O4/c15-6-10-16-13-11(14(22)17-10)12(21)8(18-19-13)5-7-3-1-2-4-9(7)20(23)24/h1-4H,5-6,15H2,(H2,16,17,19,21,22). The summed E-state index contributed by atoms with van der Waals surface area (Å²) in [5, 5.41) is 27.3. The highest BCUT2D eigenvalue weighted by Crippen LogP contribution is 2.21. The lowest BCUT2D eigenvalue weighted by molar-refractivity contribution is -0.385. The number of benzene rings is 1. The highest BCUT2D eigenvalue weighted by atomic mass is 16.6. The van der Waals surface area contributed by atoms with E-state index in [1.165, 1.54) is 18.2 Å². The van der Waals surface area contributed by atoms with Crippen LogP contribution in [-0.2, 0) is 13.0 Å². The Morgan fingerprint density at radius 3 is 2.75 bits per heavy atom. The number of fused-ring (bicyclic) bond motifs is 1. The molecule has 0 amide bonds. The second kappa shape index (κ2) is 6.01. The fraction of sp³-hybridized carbons (Fsp3) is 0.143. The maximum absolute atomic E-state index is 12.5. The predicted molar refractivity (Wildman–Crippen MR) is 83.4 cm³/mol. The molecule has 0 saturated carbocycles. The summed E-state index contributed by atoms with van der Waals surface area (Å²) in [7, 11) is 0. The lowest BCUT2D eigenvalue weighted by atomic mass is 10.1. The summed E-state index contributed by atoms with van der Waals surface area (Å²) >= 11 is 0. The van der Waals surface area contributed by atoms with E-state index in [0.29, 0.717) is 5.56 Å². The van der Waals surface area contributed by atoms with Crippen molar-refractivity contribution >= 4 is 16.7 Å². The average Bonchev–Trinajstić information content (AvgIpc) is 2.57. The molecular weight excluding hydrogens is 316 g/mol. The normalized spacial score (nSPS) is 10.9. The number of nitrogens with one attached hydrogen (secondary N) is 1. The van der Waals surface area contributed by atoms with Crippen LogP contribution in [-0.4, -0.2) is 30.2 Å². The number of nitro benzene ring substituents is 1. The third-order valence-corrected chi connectivity index (χ3v) is 3.45. The van der Waals surface area contributed by atoms with Gasteiger partial charge in [0, 0.05) is 18.1 Å². The minimum Gasteiger partial charge on any atom is -0.493 e. The number of nitrogens with two attached hydrogens (primary N) is 1. The molecular formula is C14H12N6O4. The van der Waals surface area contributed by atoms with Crippen molar-refractivity contribution in [1.82, 2.24) is 20.2 Å². The first-order chi connectivity index (χ1) is 11.5. The Hall–Kier alpha value is -3.40. The second-order valence-electron chi connectivity index (χ2n) is 4.95. The van der Waals surface area contributed by atoms with Crippen molar-refractivity contribution in [3.05, 3.63) is 61.7 Å². The van der Waals surface area contributed by atoms with E-state index in [4.69, 9.17) is 5.73 Å². The fourth-order valence-corrected chi connectivity index (χ4v) is 2.33. The van der Waals surface area contributed by atoms with Crippen LogP contribution in [0.4, 0.5) is 5.69 Å². The number of aromatic nitrogens is 4. The molecule has 24 heavy (non-hydrogen) atoms. The highest BCUT2D eigenvalue weighted by Gasteiger charge is 2.18. The van der Waals surface area contributed by atoms with Crippen LogP contribution in [0, 0.1) is 10.1 Å². The van der Waals surface area contributed by atoms with E-state index >= 15 is 0 Å². The van der Waals surface area contributed by atoms with Gasteiger partial charge in [0.2, 0.25) is 11.3 Å². The Morgan fingerprint density at radius 1 is 1.29 bits per heavy atom. The molecule has 3 aromatic rings. The van der Waals surface area contributed by atoms with Gasteiger partial charge in [0.25, 0.3) is 5.69 Å². The van der Waals surface area contributed by atoms with Crippen LogP contribution < -0.4 is 11.2 Å². The summed E-state index contributed by atoms with van der Waals surface area (Å²) in [6.07, 6.45) is -0.0689. The first-order valence-electron chi connectivity index (χ1n) is 6.90. The number of nitrogens with zero attached hydrogens (tertiary/aromatic N) is 4. The van der Waals surface area contributed by atoms with Crippen molar-refractivity contribution < 1.29 is 10.0 Å². The number of hydrogen-bond donors (Lipinski definition) is 3. The maximum Gasteiger partial charge on any atom is 0.272 e. The summed E-state index contributed by atoms with van der Waals surface area (Å²) in [6, 6.07) is 6.05.